The molecule has 0 aromatic carbocycles. The highest BCUT2D eigenvalue weighted by Crippen LogP contribution is 2.06. The third-order valence-electron chi connectivity index (χ3n) is 2.32. The number of hydrogen-bond acceptors (Lipinski definition) is 4. The fourth-order valence-electron chi connectivity index (χ4n) is 1.52. The first-order chi connectivity index (χ1) is 8.13. The van der Waals surface area contributed by atoms with Gasteiger partial charge in [0.25, 0.3) is 5.91 Å². The number of nitrogens with one attached hydrogen (secondary N) is 2. The highest BCUT2D eigenvalue weighted by molar-refractivity contribution is 5.96. The number of carbonyl (C=O) groups is 1. The number of aromatic amines is 1. The topological polar surface area (TPSA) is 84.1 Å². The highest BCUT2D eigenvalue weighted by atomic mass is 16.6. The van der Waals surface area contributed by atoms with Gasteiger partial charge < -0.3 is 4.98 Å². The van der Waals surface area contributed by atoms with Gasteiger partial charge in [-0.05, 0) is 19.1 Å². The summed E-state index contributed by atoms with van der Waals surface area (Å²) in [7, 11) is 1.30. The van der Waals surface area contributed by atoms with Gasteiger partial charge in [0.2, 0.25) is 5.43 Å². The summed E-state index contributed by atoms with van der Waals surface area (Å²) in [5, 5.41) is 0.374. The minimum Gasteiger partial charge on any atom is -0.345 e. The van der Waals surface area contributed by atoms with Gasteiger partial charge in [-0.3, -0.25) is 14.4 Å². The van der Waals surface area contributed by atoms with E-state index in [1.165, 1.54) is 13.3 Å². The molecule has 1 amide bonds. The summed E-state index contributed by atoms with van der Waals surface area (Å²) in [4.78, 5) is 34.9. The molecule has 6 nitrogen and oxygen atoms in total. The molecule has 0 saturated carbocycles. The molecule has 2 rings (SSSR count). The van der Waals surface area contributed by atoms with Gasteiger partial charge >= 0.3 is 0 Å². The Bertz CT molecular complexity index is 633. The van der Waals surface area contributed by atoms with Crippen molar-refractivity contribution in [3.05, 3.63) is 39.8 Å². The molecule has 17 heavy (non-hydrogen) atoms. The molecule has 88 valence electrons. The zero-order valence-electron chi connectivity index (χ0n) is 9.40. The molecule has 0 bridgehead atoms. The summed E-state index contributed by atoms with van der Waals surface area (Å²) >= 11 is 0. The number of amides is 1. The van der Waals surface area contributed by atoms with Crippen LogP contribution in [0.4, 0.5) is 0 Å². The standard InChI is InChI=1S/C11H11N3O3/c1-6-3-4-7-9(15)8(11(16)14-17-2)5-12-10(7)13-6/h3-5H,1-2H3,(H,14,16)(H,12,13,15). The number of nitrogens with zero attached hydrogens (tertiary/aromatic N) is 1. The molecule has 0 aliphatic rings. The van der Waals surface area contributed by atoms with Crippen LogP contribution in [-0.4, -0.2) is 23.0 Å². The van der Waals surface area contributed by atoms with E-state index >= 15 is 0 Å². The van der Waals surface area contributed by atoms with Crippen molar-refractivity contribution in [3.8, 4) is 0 Å². The van der Waals surface area contributed by atoms with E-state index < -0.39 is 5.91 Å². The van der Waals surface area contributed by atoms with Crippen LogP contribution >= 0.6 is 0 Å². The maximum Gasteiger partial charge on any atom is 0.280 e. The number of hydroxylamine groups is 1. The number of carbonyl (C=O) groups excluding carboxylic acids is 1. The molecule has 2 N–H and O–H groups in total. The van der Waals surface area contributed by atoms with Gasteiger partial charge in [0.1, 0.15) is 11.2 Å². The van der Waals surface area contributed by atoms with E-state index in [9.17, 15) is 9.59 Å². The Hall–Kier alpha value is -2.21. The highest BCUT2D eigenvalue weighted by Gasteiger charge is 2.12. The molecule has 0 saturated heterocycles. The second-order valence-electron chi connectivity index (χ2n) is 3.52. The van der Waals surface area contributed by atoms with Crippen LogP contribution in [0, 0.1) is 6.92 Å². The molecule has 0 spiro atoms. The second-order valence-corrected chi connectivity index (χ2v) is 3.52. The van der Waals surface area contributed by atoms with Crippen molar-refractivity contribution < 1.29 is 9.63 Å². The van der Waals surface area contributed by atoms with Crippen molar-refractivity contribution >= 4 is 16.9 Å². The molecule has 2 aromatic rings. The molecule has 0 aliphatic carbocycles. The summed E-state index contributed by atoms with van der Waals surface area (Å²) < 4.78 is 0. The van der Waals surface area contributed by atoms with Crippen LogP contribution in [0.25, 0.3) is 11.0 Å². The van der Waals surface area contributed by atoms with Crippen LogP contribution in [0.2, 0.25) is 0 Å². The minimum atomic E-state index is -0.587. The fraction of sp³-hybridized carbons (Fsp3) is 0.182. The van der Waals surface area contributed by atoms with Crippen molar-refractivity contribution in [2.24, 2.45) is 0 Å². The predicted octanol–water partition coefficient (Wildman–Crippen LogP) is 0.523. The van der Waals surface area contributed by atoms with Gasteiger partial charge in [0.05, 0.1) is 12.5 Å². The molecule has 2 aromatic heterocycles. The number of aromatic nitrogens is 2. The maximum absolute atomic E-state index is 12.0. The monoisotopic (exact) mass is 233 g/mol. The van der Waals surface area contributed by atoms with Crippen LogP contribution in [0.15, 0.2) is 23.1 Å². The summed E-state index contributed by atoms with van der Waals surface area (Å²) in [5.74, 6) is -0.587. The Morgan fingerprint density at radius 2 is 2.24 bits per heavy atom. The lowest BCUT2D eigenvalue weighted by Gasteiger charge is -2.03. The average Bonchev–Trinajstić information content (AvgIpc) is 2.29. The van der Waals surface area contributed by atoms with E-state index in [2.05, 4.69) is 20.3 Å². The molecule has 0 aliphatic heterocycles. The lowest BCUT2D eigenvalue weighted by molar-refractivity contribution is 0.0536. The fourth-order valence-corrected chi connectivity index (χ4v) is 1.52. The predicted molar refractivity (Wildman–Crippen MR) is 61.6 cm³/mol. The number of pyridine rings is 2. The molecule has 0 atom stereocenters. The zero-order chi connectivity index (χ0) is 12.4. The first-order valence-electron chi connectivity index (χ1n) is 4.96. The Labute approximate surface area is 96.6 Å². The van der Waals surface area contributed by atoms with Gasteiger partial charge in [-0.25, -0.2) is 10.5 Å². The number of rotatable bonds is 2. The van der Waals surface area contributed by atoms with Crippen LogP contribution in [0.3, 0.4) is 0 Å². The summed E-state index contributed by atoms with van der Waals surface area (Å²) in [6, 6.07) is 3.36. The van der Waals surface area contributed by atoms with Gasteiger partial charge in [-0.1, -0.05) is 0 Å². The Morgan fingerprint density at radius 3 is 2.94 bits per heavy atom. The van der Waals surface area contributed by atoms with E-state index in [1.54, 1.807) is 12.1 Å². The van der Waals surface area contributed by atoms with Crippen molar-refractivity contribution in [1.82, 2.24) is 15.4 Å². The number of aryl methyl sites for hydroxylation is 1. The van der Waals surface area contributed by atoms with Gasteiger partial charge in [-0.2, -0.15) is 0 Å². The van der Waals surface area contributed by atoms with E-state index in [1.807, 2.05) is 6.92 Å². The molecular formula is C11H11N3O3. The van der Waals surface area contributed by atoms with Crippen LogP contribution in [0.5, 0.6) is 0 Å². The molecule has 6 heteroatoms. The second kappa shape index (κ2) is 4.34. The smallest absolute Gasteiger partial charge is 0.280 e. The van der Waals surface area contributed by atoms with Crippen LogP contribution < -0.4 is 10.9 Å². The van der Waals surface area contributed by atoms with E-state index in [4.69, 9.17) is 0 Å². The summed E-state index contributed by atoms with van der Waals surface area (Å²) in [6.45, 7) is 1.82. The van der Waals surface area contributed by atoms with Crippen molar-refractivity contribution in [2.75, 3.05) is 7.11 Å². The van der Waals surface area contributed by atoms with Crippen molar-refractivity contribution in [1.29, 1.82) is 0 Å². The maximum atomic E-state index is 12.0. The largest absolute Gasteiger partial charge is 0.345 e. The van der Waals surface area contributed by atoms with Crippen LogP contribution in [0.1, 0.15) is 16.1 Å². The van der Waals surface area contributed by atoms with Crippen molar-refractivity contribution in [2.45, 2.75) is 6.92 Å². The Morgan fingerprint density at radius 1 is 1.47 bits per heavy atom. The van der Waals surface area contributed by atoms with Crippen LogP contribution in [-0.2, 0) is 4.84 Å². The quantitative estimate of drug-likeness (QED) is 0.741. The number of H-pyrrole nitrogens is 1. The number of fused-ring (bicyclic) bond motifs is 1. The lowest BCUT2D eigenvalue weighted by atomic mass is 10.2. The molecular weight excluding hydrogens is 222 g/mol. The van der Waals surface area contributed by atoms with E-state index in [-0.39, 0.29) is 11.0 Å². The lowest BCUT2D eigenvalue weighted by Crippen LogP contribution is -2.28. The van der Waals surface area contributed by atoms with Gasteiger partial charge in [0.15, 0.2) is 0 Å². The Balaban J connectivity index is 2.62. The van der Waals surface area contributed by atoms with E-state index in [0.29, 0.717) is 11.0 Å². The van der Waals surface area contributed by atoms with Gasteiger partial charge in [0, 0.05) is 11.9 Å². The first kappa shape index (κ1) is 11.3. The molecule has 0 fully saturated rings. The van der Waals surface area contributed by atoms with E-state index in [0.717, 1.165) is 5.69 Å². The first-order valence-corrected chi connectivity index (χ1v) is 4.96. The molecule has 2 heterocycles. The summed E-state index contributed by atoms with van der Waals surface area (Å²) in [5.41, 5.74) is 2.97. The third-order valence-corrected chi connectivity index (χ3v) is 2.32. The normalized spacial score (nSPS) is 10.5. The third kappa shape index (κ3) is 2.02. The molecule has 0 radical (unpaired) electrons. The zero-order valence-corrected chi connectivity index (χ0v) is 9.40. The number of hydrogen-bond donors (Lipinski definition) is 2. The summed E-state index contributed by atoms with van der Waals surface area (Å²) in [6.07, 6.45) is 1.32. The SMILES string of the molecule is CONC(=O)c1c[nH]c2nc(C)ccc2c1=O. The average molecular weight is 233 g/mol. The Kier molecular flexibility index (Phi) is 2.88. The minimum absolute atomic E-state index is 0.00926. The van der Waals surface area contributed by atoms with Crippen molar-refractivity contribution in [3.63, 3.8) is 0 Å². The van der Waals surface area contributed by atoms with Gasteiger partial charge in [-0.15, -0.1) is 0 Å². The molecule has 0 unspecified atom stereocenters.